The third-order valence-corrected chi connectivity index (χ3v) is 1.35. The Labute approximate surface area is 64.1 Å². The highest BCUT2D eigenvalue weighted by molar-refractivity contribution is 5.63. The molecule has 0 unspecified atom stereocenters. The van der Waals surface area contributed by atoms with Crippen LogP contribution in [0.1, 0.15) is 5.56 Å². The van der Waals surface area contributed by atoms with Gasteiger partial charge >= 0.3 is 0 Å². The normalized spacial score (nSPS) is 9.09. The van der Waals surface area contributed by atoms with E-state index in [0.29, 0.717) is 11.3 Å². The second kappa shape index (κ2) is 2.96. The lowest BCUT2D eigenvalue weighted by molar-refractivity contribution is 1.22. The molecule has 0 aliphatic rings. The first-order valence-electron chi connectivity index (χ1n) is 3.10. The predicted molar refractivity (Wildman–Crippen MR) is 46.4 cm³/mol. The standard InChI is InChI=1S/C8H8N2O/c1-3-6-7(9-2)4-5-10-8(6)11/h3-5H,1-2H2,(H,10,11). The number of rotatable bonds is 2. The second-order valence-corrected chi connectivity index (χ2v) is 1.97. The monoisotopic (exact) mass is 148 g/mol. The molecule has 0 aliphatic heterocycles. The summed E-state index contributed by atoms with van der Waals surface area (Å²) in [6.45, 7) is 6.82. The SMILES string of the molecule is C=Cc1c(N=C)cc[nH]c1=O. The lowest BCUT2D eigenvalue weighted by Crippen LogP contribution is -2.07. The number of hydrogen-bond donors (Lipinski definition) is 1. The van der Waals surface area contributed by atoms with Crippen LogP contribution >= 0.6 is 0 Å². The third kappa shape index (κ3) is 1.26. The van der Waals surface area contributed by atoms with Crippen LogP contribution in [-0.2, 0) is 0 Å². The summed E-state index contributed by atoms with van der Waals surface area (Å²) in [5.74, 6) is 0. The maximum Gasteiger partial charge on any atom is 0.257 e. The van der Waals surface area contributed by atoms with Crippen molar-refractivity contribution in [3.63, 3.8) is 0 Å². The summed E-state index contributed by atoms with van der Waals surface area (Å²) in [6, 6.07) is 1.67. The number of aromatic amines is 1. The van der Waals surface area contributed by atoms with Crippen molar-refractivity contribution in [3.8, 4) is 0 Å². The van der Waals surface area contributed by atoms with Gasteiger partial charge in [-0.1, -0.05) is 12.7 Å². The zero-order valence-electron chi connectivity index (χ0n) is 6.00. The van der Waals surface area contributed by atoms with Crippen molar-refractivity contribution >= 4 is 18.5 Å². The third-order valence-electron chi connectivity index (χ3n) is 1.35. The van der Waals surface area contributed by atoms with E-state index < -0.39 is 0 Å². The summed E-state index contributed by atoms with van der Waals surface area (Å²) in [7, 11) is 0. The number of nitrogens with one attached hydrogen (secondary N) is 1. The Morgan fingerprint density at radius 2 is 2.36 bits per heavy atom. The number of nitrogens with zero attached hydrogens (tertiary/aromatic N) is 1. The molecule has 3 nitrogen and oxygen atoms in total. The molecule has 0 spiro atoms. The van der Waals surface area contributed by atoms with E-state index in [1.807, 2.05) is 0 Å². The van der Waals surface area contributed by atoms with Crippen LogP contribution in [0.3, 0.4) is 0 Å². The van der Waals surface area contributed by atoms with E-state index >= 15 is 0 Å². The fourth-order valence-corrected chi connectivity index (χ4v) is 0.815. The van der Waals surface area contributed by atoms with Crippen LogP contribution in [0.5, 0.6) is 0 Å². The lowest BCUT2D eigenvalue weighted by Gasteiger charge is -1.95. The van der Waals surface area contributed by atoms with Gasteiger partial charge in [-0.25, -0.2) is 0 Å². The highest BCUT2D eigenvalue weighted by Gasteiger charge is 1.98. The van der Waals surface area contributed by atoms with E-state index in [2.05, 4.69) is 23.3 Å². The van der Waals surface area contributed by atoms with E-state index in [1.165, 1.54) is 12.3 Å². The van der Waals surface area contributed by atoms with E-state index in [9.17, 15) is 4.79 Å². The number of aliphatic imine (C=N–C) groups is 1. The lowest BCUT2D eigenvalue weighted by atomic mass is 10.2. The minimum atomic E-state index is -0.190. The molecule has 11 heavy (non-hydrogen) atoms. The summed E-state index contributed by atoms with van der Waals surface area (Å²) in [5.41, 5.74) is 0.830. The number of H-pyrrole nitrogens is 1. The Bertz CT molecular complexity index is 338. The van der Waals surface area contributed by atoms with Gasteiger partial charge in [0.25, 0.3) is 5.56 Å². The van der Waals surface area contributed by atoms with Crippen molar-refractivity contribution in [2.24, 2.45) is 4.99 Å². The summed E-state index contributed by atoms with van der Waals surface area (Å²) in [4.78, 5) is 17.2. The summed E-state index contributed by atoms with van der Waals surface area (Å²) in [5, 5.41) is 0. The highest BCUT2D eigenvalue weighted by Crippen LogP contribution is 2.13. The molecule has 0 saturated heterocycles. The molecule has 1 aromatic heterocycles. The Hall–Kier alpha value is -1.64. The molecule has 0 radical (unpaired) electrons. The van der Waals surface area contributed by atoms with E-state index in [0.717, 1.165) is 0 Å². The molecule has 0 amide bonds. The topological polar surface area (TPSA) is 45.2 Å². The van der Waals surface area contributed by atoms with Gasteiger partial charge in [-0.05, 0) is 12.8 Å². The van der Waals surface area contributed by atoms with Gasteiger partial charge in [0.15, 0.2) is 0 Å². The highest BCUT2D eigenvalue weighted by atomic mass is 16.1. The summed E-state index contributed by atoms with van der Waals surface area (Å²) in [6.07, 6.45) is 2.99. The Kier molecular flexibility index (Phi) is 2.01. The van der Waals surface area contributed by atoms with Crippen LogP contribution in [0, 0.1) is 0 Å². The van der Waals surface area contributed by atoms with E-state index in [1.54, 1.807) is 6.07 Å². The molecule has 1 N–H and O–H groups in total. The smallest absolute Gasteiger partial charge is 0.257 e. The van der Waals surface area contributed by atoms with Crippen molar-refractivity contribution in [3.05, 3.63) is 34.8 Å². The molecule has 0 saturated carbocycles. The quantitative estimate of drug-likeness (QED) is 0.632. The van der Waals surface area contributed by atoms with Gasteiger partial charge in [0, 0.05) is 6.20 Å². The van der Waals surface area contributed by atoms with Gasteiger partial charge < -0.3 is 4.98 Å². The van der Waals surface area contributed by atoms with Gasteiger partial charge in [-0.3, -0.25) is 9.79 Å². The van der Waals surface area contributed by atoms with Crippen molar-refractivity contribution < 1.29 is 0 Å². The molecular weight excluding hydrogens is 140 g/mol. The van der Waals surface area contributed by atoms with Crippen LogP contribution in [0.15, 0.2) is 28.6 Å². The summed E-state index contributed by atoms with van der Waals surface area (Å²) < 4.78 is 0. The number of pyridine rings is 1. The predicted octanol–water partition coefficient (Wildman–Crippen LogP) is 1.35. The maximum atomic E-state index is 11.0. The fraction of sp³-hybridized carbons (Fsp3) is 0. The van der Waals surface area contributed by atoms with Crippen molar-refractivity contribution in [2.45, 2.75) is 0 Å². The van der Waals surface area contributed by atoms with Crippen LogP contribution in [0.4, 0.5) is 5.69 Å². The van der Waals surface area contributed by atoms with Crippen molar-refractivity contribution in [1.82, 2.24) is 4.98 Å². The van der Waals surface area contributed by atoms with Gasteiger partial charge in [-0.15, -0.1) is 0 Å². The van der Waals surface area contributed by atoms with Crippen molar-refractivity contribution in [1.29, 1.82) is 0 Å². The average Bonchev–Trinajstić information content (AvgIpc) is 2.04. The van der Waals surface area contributed by atoms with E-state index in [4.69, 9.17) is 0 Å². The average molecular weight is 148 g/mol. The number of aromatic nitrogens is 1. The molecule has 0 aromatic carbocycles. The molecule has 1 aromatic rings. The van der Waals surface area contributed by atoms with Crippen LogP contribution in [-0.4, -0.2) is 11.7 Å². The molecule has 0 bridgehead atoms. The Balaban J connectivity index is 3.47. The first-order chi connectivity index (χ1) is 5.29. The van der Waals surface area contributed by atoms with Crippen LogP contribution in [0.2, 0.25) is 0 Å². The molecule has 56 valence electrons. The summed E-state index contributed by atoms with van der Waals surface area (Å²) >= 11 is 0. The first-order valence-corrected chi connectivity index (χ1v) is 3.10. The van der Waals surface area contributed by atoms with E-state index in [-0.39, 0.29) is 5.56 Å². The second-order valence-electron chi connectivity index (χ2n) is 1.97. The Morgan fingerprint density at radius 1 is 1.64 bits per heavy atom. The van der Waals surface area contributed by atoms with Gasteiger partial charge in [-0.2, -0.15) is 0 Å². The molecular formula is C8H8N2O. The Morgan fingerprint density at radius 3 is 2.82 bits per heavy atom. The van der Waals surface area contributed by atoms with Crippen LogP contribution < -0.4 is 5.56 Å². The minimum Gasteiger partial charge on any atom is -0.328 e. The molecule has 1 rings (SSSR count). The van der Waals surface area contributed by atoms with Gasteiger partial charge in [0.2, 0.25) is 0 Å². The van der Waals surface area contributed by atoms with Crippen LogP contribution in [0.25, 0.3) is 6.08 Å². The zero-order chi connectivity index (χ0) is 8.27. The molecule has 0 atom stereocenters. The molecule has 0 fully saturated rings. The largest absolute Gasteiger partial charge is 0.328 e. The van der Waals surface area contributed by atoms with Crippen molar-refractivity contribution in [2.75, 3.05) is 0 Å². The minimum absolute atomic E-state index is 0.190. The first kappa shape index (κ1) is 7.47. The molecule has 3 heteroatoms. The van der Waals surface area contributed by atoms with Gasteiger partial charge in [0.1, 0.15) is 0 Å². The molecule has 1 heterocycles. The zero-order valence-corrected chi connectivity index (χ0v) is 6.00. The van der Waals surface area contributed by atoms with Gasteiger partial charge in [0.05, 0.1) is 11.3 Å². The fourth-order valence-electron chi connectivity index (χ4n) is 0.815. The maximum absolute atomic E-state index is 11.0. The number of hydrogen-bond acceptors (Lipinski definition) is 2. The molecule has 0 aliphatic carbocycles.